The Balaban J connectivity index is 1.97. The third kappa shape index (κ3) is 4.00. The van der Waals surface area contributed by atoms with Gasteiger partial charge in [0, 0.05) is 24.7 Å². The van der Waals surface area contributed by atoms with Gasteiger partial charge in [-0.1, -0.05) is 35.9 Å². The van der Waals surface area contributed by atoms with Crippen LogP contribution in [-0.4, -0.2) is 31.2 Å². The van der Waals surface area contributed by atoms with E-state index in [9.17, 15) is 4.79 Å². The minimum atomic E-state index is -0.135. The molecular weight excluding hydrogens is 326 g/mol. The molecule has 1 aromatic heterocycles. The van der Waals surface area contributed by atoms with Crippen molar-refractivity contribution in [2.75, 3.05) is 25.6 Å². The zero-order valence-electron chi connectivity index (χ0n) is 15.3. The zero-order chi connectivity index (χ0) is 18.5. The fourth-order valence-corrected chi connectivity index (χ4v) is 2.88. The predicted octanol–water partition coefficient (Wildman–Crippen LogP) is 3.97. The smallest absolute Gasteiger partial charge is 0.252 e. The number of aromatic nitrogens is 1. The van der Waals surface area contributed by atoms with Crippen LogP contribution in [-0.2, 0) is 4.74 Å². The highest BCUT2D eigenvalue weighted by atomic mass is 16.5. The van der Waals surface area contributed by atoms with Crippen LogP contribution >= 0.6 is 0 Å². The Morgan fingerprint density at radius 2 is 1.92 bits per heavy atom. The number of aryl methyl sites for hydroxylation is 2. The van der Waals surface area contributed by atoms with Crippen molar-refractivity contribution >= 4 is 28.3 Å². The molecule has 5 nitrogen and oxygen atoms in total. The van der Waals surface area contributed by atoms with Crippen LogP contribution in [0.25, 0.3) is 10.9 Å². The molecule has 0 saturated carbocycles. The summed E-state index contributed by atoms with van der Waals surface area (Å²) in [6.07, 6.45) is 0. The van der Waals surface area contributed by atoms with Crippen molar-refractivity contribution in [1.82, 2.24) is 10.3 Å². The third-order valence-corrected chi connectivity index (χ3v) is 4.20. The number of benzene rings is 2. The molecule has 3 rings (SSSR count). The number of anilines is 2. The molecule has 0 saturated heterocycles. The number of pyridine rings is 1. The van der Waals surface area contributed by atoms with Gasteiger partial charge in [-0.05, 0) is 37.6 Å². The highest BCUT2D eigenvalue weighted by molar-refractivity contribution is 6.07. The van der Waals surface area contributed by atoms with Crippen molar-refractivity contribution in [2.24, 2.45) is 0 Å². The van der Waals surface area contributed by atoms with Gasteiger partial charge in [0.25, 0.3) is 5.91 Å². The summed E-state index contributed by atoms with van der Waals surface area (Å²) in [5.74, 6) is 0.511. The van der Waals surface area contributed by atoms with Crippen molar-refractivity contribution in [2.45, 2.75) is 13.8 Å². The number of rotatable bonds is 6. The Hall–Kier alpha value is -2.92. The van der Waals surface area contributed by atoms with Crippen molar-refractivity contribution in [1.29, 1.82) is 0 Å². The number of carbonyl (C=O) groups excluding carboxylic acids is 1. The molecule has 3 aromatic rings. The van der Waals surface area contributed by atoms with Crippen molar-refractivity contribution in [3.8, 4) is 0 Å². The van der Waals surface area contributed by atoms with Gasteiger partial charge >= 0.3 is 0 Å². The number of para-hydroxylation sites is 1. The SMILES string of the molecule is COCCNC(=O)c1cc(Nc2ccc(C)cc2C)nc2ccccc12. The van der Waals surface area contributed by atoms with Crippen LogP contribution in [0.5, 0.6) is 0 Å². The second kappa shape index (κ2) is 7.97. The Morgan fingerprint density at radius 1 is 1.12 bits per heavy atom. The number of carbonyl (C=O) groups is 1. The molecule has 0 aliphatic carbocycles. The molecule has 2 N–H and O–H groups in total. The largest absolute Gasteiger partial charge is 0.383 e. The van der Waals surface area contributed by atoms with E-state index in [1.807, 2.05) is 30.3 Å². The monoisotopic (exact) mass is 349 g/mol. The van der Waals surface area contributed by atoms with Gasteiger partial charge < -0.3 is 15.4 Å². The topological polar surface area (TPSA) is 63.2 Å². The van der Waals surface area contributed by atoms with Crippen molar-refractivity contribution in [3.05, 3.63) is 65.2 Å². The number of hydrogen-bond donors (Lipinski definition) is 2. The van der Waals surface area contributed by atoms with Crippen LogP contribution < -0.4 is 10.6 Å². The lowest BCUT2D eigenvalue weighted by molar-refractivity contribution is 0.0938. The molecule has 5 heteroatoms. The summed E-state index contributed by atoms with van der Waals surface area (Å²) in [4.78, 5) is 17.3. The van der Waals surface area contributed by atoms with Crippen LogP contribution in [0.3, 0.4) is 0 Å². The van der Waals surface area contributed by atoms with Crippen LogP contribution in [0.1, 0.15) is 21.5 Å². The number of hydrogen-bond acceptors (Lipinski definition) is 4. The summed E-state index contributed by atoms with van der Waals surface area (Å²) in [5.41, 5.74) is 4.69. The van der Waals surface area contributed by atoms with Crippen molar-refractivity contribution in [3.63, 3.8) is 0 Å². The fourth-order valence-electron chi connectivity index (χ4n) is 2.88. The van der Waals surface area contributed by atoms with Gasteiger partial charge in [-0.3, -0.25) is 4.79 Å². The van der Waals surface area contributed by atoms with E-state index in [1.165, 1.54) is 5.56 Å². The number of fused-ring (bicyclic) bond motifs is 1. The molecule has 26 heavy (non-hydrogen) atoms. The van der Waals surface area contributed by atoms with Gasteiger partial charge in [-0.25, -0.2) is 4.98 Å². The number of nitrogens with zero attached hydrogens (tertiary/aromatic N) is 1. The van der Waals surface area contributed by atoms with Crippen molar-refractivity contribution < 1.29 is 9.53 Å². The van der Waals surface area contributed by atoms with E-state index >= 15 is 0 Å². The van der Waals surface area contributed by atoms with E-state index in [0.29, 0.717) is 24.5 Å². The molecule has 0 unspecified atom stereocenters. The van der Waals surface area contributed by atoms with Crippen LogP contribution in [0.15, 0.2) is 48.5 Å². The average Bonchev–Trinajstić information content (AvgIpc) is 2.63. The van der Waals surface area contributed by atoms with E-state index in [1.54, 1.807) is 13.2 Å². The van der Waals surface area contributed by atoms with Gasteiger partial charge in [0.1, 0.15) is 5.82 Å². The number of ether oxygens (including phenoxy) is 1. The summed E-state index contributed by atoms with van der Waals surface area (Å²) < 4.78 is 5.00. The quantitative estimate of drug-likeness (QED) is 0.661. The lowest BCUT2D eigenvalue weighted by atomic mass is 10.1. The van der Waals surface area contributed by atoms with Gasteiger partial charge in [0.15, 0.2) is 0 Å². The van der Waals surface area contributed by atoms with Crippen LogP contribution in [0.4, 0.5) is 11.5 Å². The minimum absolute atomic E-state index is 0.135. The maximum atomic E-state index is 12.6. The number of nitrogens with one attached hydrogen (secondary N) is 2. The molecule has 0 bridgehead atoms. The Kier molecular flexibility index (Phi) is 5.49. The second-order valence-corrected chi connectivity index (χ2v) is 6.26. The maximum Gasteiger partial charge on any atom is 0.252 e. The lowest BCUT2D eigenvalue weighted by Crippen LogP contribution is -2.27. The molecule has 0 atom stereocenters. The first-order chi connectivity index (χ1) is 12.6. The van der Waals surface area contributed by atoms with E-state index < -0.39 is 0 Å². The van der Waals surface area contributed by atoms with Crippen LogP contribution in [0.2, 0.25) is 0 Å². The molecule has 134 valence electrons. The van der Waals surface area contributed by atoms with Gasteiger partial charge in [-0.2, -0.15) is 0 Å². The summed E-state index contributed by atoms with van der Waals surface area (Å²) in [5, 5.41) is 7.05. The highest BCUT2D eigenvalue weighted by Crippen LogP contribution is 2.25. The normalized spacial score (nSPS) is 10.7. The predicted molar refractivity (Wildman–Crippen MR) is 105 cm³/mol. The molecule has 1 amide bonds. The Morgan fingerprint density at radius 3 is 2.69 bits per heavy atom. The molecule has 0 aliphatic heterocycles. The van der Waals surface area contributed by atoms with E-state index in [2.05, 4.69) is 41.6 Å². The zero-order valence-corrected chi connectivity index (χ0v) is 15.3. The molecular formula is C21H23N3O2. The lowest BCUT2D eigenvalue weighted by Gasteiger charge is -2.13. The molecule has 0 spiro atoms. The first-order valence-electron chi connectivity index (χ1n) is 8.59. The van der Waals surface area contributed by atoms with Gasteiger partial charge in [-0.15, -0.1) is 0 Å². The highest BCUT2D eigenvalue weighted by Gasteiger charge is 2.13. The van der Waals surface area contributed by atoms with Gasteiger partial charge in [0.2, 0.25) is 0 Å². The summed E-state index contributed by atoms with van der Waals surface area (Å²) in [6.45, 7) is 5.05. The summed E-state index contributed by atoms with van der Waals surface area (Å²) >= 11 is 0. The first-order valence-corrected chi connectivity index (χ1v) is 8.59. The minimum Gasteiger partial charge on any atom is -0.383 e. The third-order valence-electron chi connectivity index (χ3n) is 4.20. The first kappa shape index (κ1) is 17.9. The Labute approximate surface area is 153 Å². The number of methoxy groups -OCH3 is 1. The van der Waals surface area contributed by atoms with E-state index in [-0.39, 0.29) is 5.91 Å². The molecule has 1 heterocycles. The van der Waals surface area contributed by atoms with Crippen LogP contribution in [0, 0.1) is 13.8 Å². The van der Waals surface area contributed by atoms with E-state index in [4.69, 9.17) is 4.74 Å². The molecule has 0 aliphatic rings. The summed E-state index contributed by atoms with van der Waals surface area (Å²) in [6, 6.07) is 15.6. The van der Waals surface area contributed by atoms with E-state index in [0.717, 1.165) is 22.2 Å². The second-order valence-electron chi connectivity index (χ2n) is 6.26. The molecule has 0 radical (unpaired) electrons. The van der Waals surface area contributed by atoms with Gasteiger partial charge in [0.05, 0.1) is 17.7 Å². The number of amides is 1. The Bertz CT molecular complexity index is 938. The average molecular weight is 349 g/mol. The molecule has 0 fully saturated rings. The maximum absolute atomic E-state index is 12.6. The standard InChI is InChI=1S/C21H23N3O2/c1-14-8-9-18(15(2)12-14)23-20-13-17(21(25)22-10-11-26-3)16-6-4-5-7-19(16)24-20/h4-9,12-13H,10-11H2,1-3H3,(H,22,25)(H,23,24). The summed E-state index contributed by atoms with van der Waals surface area (Å²) in [7, 11) is 1.61. The fraction of sp³-hybridized carbons (Fsp3) is 0.238. The molecule has 2 aromatic carbocycles.